The van der Waals surface area contributed by atoms with E-state index in [1.165, 1.54) is 11.3 Å². The maximum Gasteiger partial charge on any atom is 0.283 e. The van der Waals surface area contributed by atoms with E-state index in [-0.39, 0.29) is 5.91 Å². The molecule has 24 heavy (non-hydrogen) atoms. The van der Waals surface area contributed by atoms with Crippen LogP contribution < -0.4 is 5.43 Å². The van der Waals surface area contributed by atoms with Gasteiger partial charge in [-0.2, -0.15) is 5.10 Å². The molecule has 124 valence electrons. The van der Waals surface area contributed by atoms with Gasteiger partial charge in [-0.3, -0.25) is 4.79 Å². The molecule has 0 aliphatic rings. The second-order valence-electron chi connectivity index (χ2n) is 4.81. The standard InChI is InChI=1S/C16H11BrCl2N2OS2/c1-2-9(10-6-7-12(17)23-10)20-21-16(22)15-14(19)13-8(18)4-3-5-11(13)24-15/h3-7H,2H2,1H3,(H,21,22). The third kappa shape index (κ3) is 3.53. The Bertz CT molecular complexity index is 949. The maximum absolute atomic E-state index is 12.5. The third-order valence-corrected chi connectivity index (χ3v) is 6.93. The van der Waals surface area contributed by atoms with E-state index in [1.807, 2.05) is 31.2 Å². The molecule has 1 N–H and O–H groups in total. The summed E-state index contributed by atoms with van der Waals surface area (Å²) in [5.41, 5.74) is 3.42. The van der Waals surface area contributed by atoms with Crippen LogP contribution >= 0.6 is 61.8 Å². The molecular formula is C16H11BrCl2N2OS2. The van der Waals surface area contributed by atoms with Gasteiger partial charge in [0.05, 0.1) is 24.4 Å². The fourth-order valence-corrected chi connectivity index (χ4v) is 5.45. The molecular weight excluding hydrogens is 451 g/mol. The van der Waals surface area contributed by atoms with Crippen molar-refractivity contribution in [2.24, 2.45) is 5.10 Å². The van der Waals surface area contributed by atoms with Gasteiger partial charge < -0.3 is 0 Å². The first-order valence-electron chi connectivity index (χ1n) is 7.00. The number of carbonyl (C=O) groups excluding carboxylic acids is 1. The van der Waals surface area contributed by atoms with E-state index in [1.54, 1.807) is 17.4 Å². The normalized spacial score (nSPS) is 11.9. The minimum atomic E-state index is -0.334. The molecule has 3 nitrogen and oxygen atoms in total. The van der Waals surface area contributed by atoms with E-state index in [0.717, 1.165) is 19.1 Å². The van der Waals surface area contributed by atoms with Crippen LogP contribution in [0.15, 0.2) is 39.2 Å². The fourth-order valence-electron chi connectivity index (χ4n) is 2.16. The molecule has 0 unspecified atom stereocenters. The number of rotatable bonds is 4. The summed E-state index contributed by atoms with van der Waals surface area (Å²) < 4.78 is 1.90. The molecule has 1 aromatic carbocycles. The molecule has 0 aliphatic carbocycles. The van der Waals surface area contributed by atoms with Crippen LogP contribution in [-0.4, -0.2) is 11.6 Å². The number of nitrogens with one attached hydrogen (secondary N) is 1. The molecule has 2 aromatic heterocycles. The van der Waals surface area contributed by atoms with Gasteiger partial charge in [-0.1, -0.05) is 36.2 Å². The van der Waals surface area contributed by atoms with Gasteiger partial charge in [0.2, 0.25) is 0 Å². The van der Waals surface area contributed by atoms with Crippen molar-refractivity contribution in [2.45, 2.75) is 13.3 Å². The van der Waals surface area contributed by atoms with Crippen molar-refractivity contribution in [2.75, 3.05) is 0 Å². The predicted molar refractivity (Wildman–Crippen MR) is 108 cm³/mol. The van der Waals surface area contributed by atoms with Crippen LogP contribution in [-0.2, 0) is 0 Å². The molecule has 0 aliphatic heterocycles. The summed E-state index contributed by atoms with van der Waals surface area (Å²) in [6.07, 6.45) is 0.708. The smallest absolute Gasteiger partial charge is 0.266 e. The Hall–Kier alpha value is -0.920. The molecule has 0 saturated heterocycles. The third-order valence-electron chi connectivity index (χ3n) is 3.30. The first kappa shape index (κ1) is 17.9. The lowest BCUT2D eigenvalue weighted by molar-refractivity contribution is 0.0959. The summed E-state index contributed by atoms with van der Waals surface area (Å²) in [6.45, 7) is 1.99. The summed E-state index contributed by atoms with van der Waals surface area (Å²) in [4.78, 5) is 13.9. The minimum absolute atomic E-state index is 0.334. The number of fused-ring (bicyclic) bond motifs is 1. The van der Waals surface area contributed by atoms with E-state index in [0.29, 0.717) is 26.7 Å². The topological polar surface area (TPSA) is 41.5 Å². The molecule has 8 heteroatoms. The summed E-state index contributed by atoms with van der Waals surface area (Å²) in [5, 5.41) is 5.87. The zero-order valence-corrected chi connectivity index (χ0v) is 17.1. The first-order valence-corrected chi connectivity index (χ1v) is 10.2. The number of benzene rings is 1. The lowest BCUT2D eigenvalue weighted by Crippen LogP contribution is -2.19. The highest BCUT2D eigenvalue weighted by atomic mass is 79.9. The van der Waals surface area contributed by atoms with Crippen molar-refractivity contribution in [3.8, 4) is 0 Å². The second-order valence-corrected chi connectivity index (χ2v) is 9.12. The van der Waals surface area contributed by atoms with Crippen molar-refractivity contribution in [3.63, 3.8) is 0 Å². The van der Waals surface area contributed by atoms with Crippen molar-refractivity contribution >= 4 is 83.5 Å². The molecule has 0 atom stereocenters. The number of hydrogen-bond acceptors (Lipinski definition) is 4. The SMILES string of the molecule is CCC(=NNC(=O)c1sc2cccc(Cl)c2c1Cl)c1ccc(Br)s1. The molecule has 0 bridgehead atoms. The Morgan fingerprint density at radius 3 is 2.67 bits per heavy atom. The number of hydrogen-bond donors (Lipinski definition) is 1. The minimum Gasteiger partial charge on any atom is -0.266 e. The van der Waals surface area contributed by atoms with Gasteiger partial charge in [0.15, 0.2) is 0 Å². The number of amides is 1. The number of carbonyl (C=O) groups is 1. The van der Waals surface area contributed by atoms with Crippen LogP contribution in [0.2, 0.25) is 10.0 Å². The zero-order valence-electron chi connectivity index (χ0n) is 12.4. The van der Waals surface area contributed by atoms with Gasteiger partial charge >= 0.3 is 0 Å². The summed E-state index contributed by atoms with van der Waals surface area (Å²) in [5.74, 6) is -0.334. The Kier molecular flexibility index (Phi) is 5.62. The van der Waals surface area contributed by atoms with Gasteiger partial charge in [-0.15, -0.1) is 22.7 Å². The first-order chi connectivity index (χ1) is 11.5. The quantitative estimate of drug-likeness (QED) is 0.346. The molecule has 0 spiro atoms. The van der Waals surface area contributed by atoms with Crippen LogP contribution in [0.5, 0.6) is 0 Å². The van der Waals surface area contributed by atoms with Gasteiger partial charge in [0, 0.05) is 10.1 Å². The lowest BCUT2D eigenvalue weighted by Gasteiger charge is -2.02. The van der Waals surface area contributed by atoms with Gasteiger partial charge in [0.25, 0.3) is 5.91 Å². The number of nitrogens with zero attached hydrogens (tertiary/aromatic N) is 1. The molecule has 3 aromatic rings. The zero-order chi connectivity index (χ0) is 17.3. The maximum atomic E-state index is 12.5. The number of halogens is 3. The molecule has 0 radical (unpaired) electrons. The molecule has 0 saturated carbocycles. The van der Waals surface area contributed by atoms with Crippen molar-refractivity contribution in [1.29, 1.82) is 0 Å². The highest BCUT2D eigenvalue weighted by Crippen LogP contribution is 2.39. The fraction of sp³-hybridized carbons (Fsp3) is 0.125. The lowest BCUT2D eigenvalue weighted by atomic mass is 10.2. The second kappa shape index (κ2) is 7.54. The number of hydrazone groups is 1. The van der Waals surface area contributed by atoms with Crippen molar-refractivity contribution in [1.82, 2.24) is 5.43 Å². The average Bonchev–Trinajstić information content (AvgIpc) is 3.13. The van der Waals surface area contributed by atoms with Crippen molar-refractivity contribution in [3.05, 3.63) is 53.9 Å². The average molecular weight is 462 g/mol. The summed E-state index contributed by atoms with van der Waals surface area (Å²) in [7, 11) is 0. The van der Waals surface area contributed by atoms with E-state index >= 15 is 0 Å². The Labute approximate surface area is 165 Å². The number of thiophene rings is 2. The van der Waals surface area contributed by atoms with E-state index in [2.05, 4.69) is 26.5 Å². The van der Waals surface area contributed by atoms with E-state index < -0.39 is 0 Å². The monoisotopic (exact) mass is 460 g/mol. The summed E-state index contributed by atoms with van der Waals surface area (Å²) in [6, 6.07) is 9.40. The van der Waals surface area contributed by atoms with Crippen LogP contribution in [0.4, 0.5) is 0 Å². The molecule has 2 heterocycles. The van der Waals surface area contributed by atoms with Crippen LogP contribution in [0.1, 0.15) is 27.9 Å². The van der Waals surface area contributed by atoms with Crippen LogP contribution in [0, 0.1) is 0 Å². The predicted octanol–water partition coefficient (Wildman–Crippen LogP) is 6.58. The summed E-state index contributed by atoms with van der Waals surface area (Å²) >= 11 is 18.8. The Morgan fingerprint density at radius 1 is 1.25 bits per heavy atom. The highest BCUT2D eigenvalue weighted by molar-refractivity contribution is 9.11. The Morgan fingerprint density at radius 2 is 2.04 bits per heavy atom. The van der Waals surface area contributed by atoms with Gasteiger partial charge in [-0.25, -0.2) is 5.43 Å². The largest absolute Gasteiger partial charge is 0.283 e. The molecule has 0 fully saturated rings. The van der Waals surface area contributed by atoms with Gasteiger partial charge in [0.1, 0.15) is 4.88 Å². The van der Waals surface area contributed by atoms with E-state index in [4.69, 9.17) is 23.2 Å². The highest BCUT2D eigenvalue weighted by Gasteiger charge is 2.19. The van der Waals surface area contributed by atoms with Crippen LogP contribution in [0.25, 0.3) is 10.1 Å². The molecule has 1 amide bonds. The van der Waals surface area contributed by atoms with Crippen LogP contribution in [0.3, 0.4) is 0 Å². The van der Waals surface area contributed by atoms with Gasteiger partial charge in [-0.05, 0) is 46.6 Å². The Balaban J connectivity index is 1.88. The molecule has 3 rings (SSSR count). The van der Waals surface area contributed by atoms with Crippen molar-refractivity contribution < 1.29 is 4.79 Å². The van der Waals surface area contributed by atoms with E-state index in [9.17, 15) is 4.79 Å².